The lowest BCUT2D eigenvalue weighted by atomic mass is 10.2. The van der Waals surface area contributed by atoms with Gasteiger partial charge in [0.05, 0.1) is 18.4 Å². The van der Waals surface area contributed by atoms with Crippen LogP contribution in [0.2, 0.25) is 0 Å². The maximum Gasteiger partial charge on any atom is 0.337 e. The molecule has 0 heterocycles. The molecule has 0 saturated carbocycles. The summed E-state index contributed by atoms with van der Waals surface area (Å²) in [4.78, 5) is 11.4. The van der Waals surface area contributed by atoms with Crippen molar-refractivity contribution in [3.63, 3.8) is 0 Å². The third-order valence-corrected chi connectivity index (χ3v) is 4.02. The first-order chi connectivity index (χ1) is 10.00. The first-order valence-corrected chi connectivity index (χ1v) is 7.88. The maximum absolute atomic E-state index is 12.1. The molecular weight excluding hydrogens is 290 g/mol. The minimum absolute atomic E-state index is 0.129. The van der Waals surface area contributed by atoms with Crippen molar-refractivity contribution in [1.82, 2.24) is 0 Å². The Labute approximate surface area is 123 Å². The summed E-state index contributed by atoms with van der Waals surface area (Å²) < 4.78 is 31.2. The number of anilines is 1. The van der Waals surface area contributed by atoms with Crippen LogP contribution >= 0.6 is 0 Å². The van der Waals surface area contributed by atoms with Gasteiger partial charge in [-0.05, 0) is 23.8 Å². The zero-order valence-electron chi connectivity index (χ0n) is 11.4. The van der Waals surface area contributed by atoms with Crippen molar-refractivity contribution in [2.45, 2.75) is 5.75 Å². The predicted molar refractivity (Wildman–Crippen MR) is 80.5 cm³/mol. The largest absolute Gasteiger partial charge is 0.465 e. The van der Waals surface area contributed by atoms with E-state index in [9.17, 15) is 13.2 Å². The molecule has 0 aliphatic carbocycles. The first-order valence-electron chi connectivity index (χ1n) is 6.23. The molecule has 0 aliphatic heterocycles. The van der Waals surface area contributed by atoms with Gasteiger partial charge in [0, 0.05) is 5.69 Å². The normalized spacial score (nSPS) is 10.9. The molecule has 1 N–H and O–H groups in total. The van der Waals surface area contributed by atoms with Gasteiger partial charge in [-0.2, -0.15) is 0 Å². The van der Waals surface area contributed by atoms with Gasteiger partial charge < -0.3 is 4.74 Å². The van der Waals surface area contributed by atoms with E-state index in [-0.39, 0.29) is 11.3 Å². The fourth-order valence-corrected chi connectivity index (χ4v) is 3.03. The van der Waals surface area contributed by atoms with E-state index < -0.39 is 16.0 Å². The third kappa shape index (κ3) is 4.32. The van der Waals surface area contributed by atoms with Crippen molar-refractivity contribution in [1.29, 1.82) is 0 Å². The van der Waals surface area contributed by atoms with Crippen LogP contribution in [0.4, 0.5) is 5.69 Å². The van der Waals surface area contributed by atoms with Gasteiger partial charge >= 0.3 is 5.97 Å². The Balaban J connectivity index is 2.15. The van der Waals surface area contributed by atoms with Crippen molar-refractivity contribution < 1.29 is 17.9 Å². The van der Waals surface area contributed by atoms with E-state index >= 15 is 0 Å². The van der Waals surface area contributed by atoms with Crippen LogP contribution in [0.5, 0.6) is 0 Å². The molecule has 0 bridgehead atoms. The molecule has 0 aromatic heterocycles. The molecule has 0 unspecified atom stereocenters. The Hall–Kier alpha value is -2.34. The number of sulfonamides is 1. The van der Waals surface area contributed by atoms with Gasteiger partial charge in [0.25, 0.3) is 0 Å². The SMILES string of the molecule is COC(=O)c1cccc(NS(=O)(=O)Cc2ccccc2)c1. The predicted octanol–water partition coefficient (Wildman–Crippen LogP) is 2.42. The molecule has 2 aromatic rings. The molecule has 0 atom stereocenters. The molecular formula is C15H15NO4S. The highest BCUT2D eigenvalue weighted by molar-refractivity contribution is 7.91. The van der Waals surface area contributed by atoms with Crippen LogP contribution in [0.3, 0.4) is 0 Å². The lowest BCUT2D eigenvalue weighted by molar-refractivity contribution is 0.0601. The molecule has 5 nitrogen and oxygen atoms in total. The quantitative estimate of drug-likeness (QED) is 0.861. The Morgan fingerprint density at radius 2 is 1.81 bits per heavy atom. The van der Waals surface area contributed by atoms with Crippen LogP contribution < -0.4 is 4.72 Å². The van der Waals surface area contributed by atoms with Gasteiger partial charge in [0.15, 0.2) is 0 Å². The molecule has 0 spiro atoms. The summed E-state index contributed by atoms with van der Waals surface area (Å²) in [6.45, 7) is 0. The number of carbonyl (C=O) groups excluding carboxylic acids is 1. The van der Waals surface area contributed by atoms with E-state index in [2.05, 4.69) is 9.46 Å². The highest BCUT2D eigenvalue weighted by atomic mass is 32.2. The molecule has 2 aromatic carbocycles. The molecule has 21 heavy (non-hydrogen) atoms. The van der Waals surface area contributed by atoms with Gasteiger partial charge in [-0.1, -0.05) is 36.4 Å². The van der Waals surface area contributed by atoms with E-state index in [4.69, 9.17) is 0 Å². The molecule has 2 rings (SSSR count). The molecule has 6 heteroatoms. The summed E-state index contributed by atoms with van der Waals surface area (Å²) in [5.41, 5.74) is 1.31. The summed E-state index contributed by atoms with van der Waals surface area (Å²) >= 11 is 0. The molecule has 0 aliphatic rings. The second kappa shape index (κ2) is 6.41. The van der Waals surface area contributed by atoms with Crippen LogP contribution in [0.15, 0.2) is 54.6 Å². The Morgan fingerprint density at radius 3 is 2.48 bits per heavy atom. The van der Waals surface area contributed by atoms with Crippen LogP contribution in [0.1, 0.15) is 15.9 Å². The smallest absolute Gasteiger partial charge is 0.337 e. The molecule has 0 saturated heterocycles. The number of carbonyl (C=O) groups is 1. The number of esters is 1. The lowest BCUT2D eigenvalue weighted by Gasteiger charge is -2.09. The average Bonchev–Trinajstić information content (AvgIpc) is 2.46. The van der Waals surface area contributed by atoms with Gasteiger partial charge in [0.2, 0.25) is 10.0 Å². The second-order valence-corrected chi connectivity index (χ2v) is 6.14. The molecule has 0 radical (unpaired) electrons. The fourth-order valence-electron chi connectivity index (χ4n) is 1.84. The van der Waals surface area contributed by atoms with Crippen molar-refractivity contribution in [2.75, 3.05) is 11.8 Å². The van der Waals surface area contributed by atoms with Crippen molar-refractivity contribution in [2.24, 2.45) is 0 Å². The first kappa shape index (κ1) is 15.1. The molecule has 110 valence electrons. The van der Waals surface area contributed by atoms with Crippen molar-refractivity contribution >= 4 is 21.7 Å². The summed E-state index contributed by atoms with van der Waals surface area (Å²) in [5.74, 6) is -0.643. The van der Waals surface area contributed by atoms with Gasteiger partial charge in [-0.25, -0.2) is 13.2 Å². The fraction of sp³-hybridized carbons (Fsp3) is 0.133. The van der Waals surface area contributed by atoms with Crippen molar-refractivity contribution in [3.05, 3.63) is 65.7 Å². The summed E-state index contributed by atoms with van der Waals surface area (Å²) in [7, 11) is -2.27. The minimum atomic E-state index is -3.54. The maximum atomic E-state index is 12.1. The topological polar surface area (TPSA) is 72.5 Å². The van der Waals surface area contributed by atoms with E-state index in [0.717, 1.165) is 0 Å². The van der Waals surface area contributed by atoms with E-state index in [0.29, 0.717) is 11.3 Å². The number of benzene rings is 2. The number of methoxy groups -OCH3 is 1. The Bertz CT molecular complexity index is 726. The standard InChI is InChI=1S/C15H15NO4S/c1-20-15(17)13-8-5-9-14(10-13)16-21(18,19)11-12-6-3-2-4-7-12/h2-10,16H,11H2,1H3. The van der Waals surface area contributed by atoms with E-state index in [1.807, 2.05) is 6.07 Å². The average molecular weight is 305 g/mol. The minimum Gasteiger partial charge on any atom is -0.465 e. The number of rotatable bonds is 5. The lowest BCUT2D eigenvalue weighted by Crippen LogP contribution is -2.15. The van der Waals surface area contributed by atoms with E-state index in [1.165, 1.54) is 13.2 Å². The Kier molecular flexibility index (Phi) is 4.59. The van der Waals surface area contributed by atoms with Crippen LogP contribution in [-0.4, -0.2) is 21.5 Å². The Morgan fingerprint density at radius 1 is 1.10 bits per heavy atom. The van der Waals surface area contributed by atoms with Gasteiger partial charge in [-0.15, -0.1) is 0 Å². The monoisotopic (exact) mass is 305 g/mol. The number of nitrogens with one attached hydrogen (secondary N) is 1. The number of hydrogen-bond acceptors (Lipinski definition) is 4. The molecule has 0 amide bonds. The third-order valence-electron chi connectivity index (χ3n) is 2.76. The molecule has 0 fully saturated rings. The van der Waals surface area contributed by atoms with E-state index in [1.54, 1.807) is 42.5 Å². The zero-order valence-corrected chi connectivity index (χ0v) is 12.3. The zero-order chi connectivity index (χ0) is 15.3. The van der Waals surface area contributed by atoms with Crippen LogP contribution in [0, 0.1) is 0 Å². The van der Waals surface area contributed by atoms with Crippen molar-refractivity contribution in [3.8, 4) is 0 Å². The van der Waals surface area contributed by atoms with Crippen LogP contribution in [0.25, 0.3) is 0 Å². The number of hydrogen-bond donors (Lipinski definition) is 1. The summed E-state index contributed by atoms with van der Waals surface area (Å²) in [5, 5.41) is 0. The highest BCUT2D eigenvalue weighted by Crippen LogP contribution is 2.15. The summed E-state index contributed by atoms with van der Waals surface area (Å²) in [6, 6.07) is 15.0. The summed E-state index contributed by atoms with van der Waals surface area (Å²) in [6.07, 6.45) is 0. The second-order valence-electron chi connectivity index (χ2n) is 4.42. The highest BCUT2D eigenvalue weighted by Gasteiger charge is 2.13. The van der Waals surface area contributed by atoms with Crippen LogP contribution in [-0.2, 0) is 20.5 Å². The number of ether oxygens (including phenoxy) is 1. The van der Waals surface area contributed by atoms with Gasteiger partial charge in [-0.3, -0.25) is 4.72 Å². The van der Waals surface area contributed by atoms with Gasteiger partial charge in [0.1, 0.15) is 0 Å².